The van der Waals surface area contributed by atoms with Crippen molar-refractivity contribution in [1.82, 2.24) is 25.2 Å². The second kappa shape index (κ2) is 11.0. The van der Waals surface area contributed by atoms with Crippen molar-refractivity contribution in [2.24, 2.45) is 5.92 Å². The number of piperazine rings is 1. The molecule has 1 N–H and O–H groups in total. The SMILES string of the molecule is Cc1onc(-c2ccccc2)c1C(=O)N[C@@H]1CCC[C@@H](C(=O)N2CCN(C)CC2)CC(=O)N(C)C1. The molecule has 9 heteroatoms. The van der Waals surface area contributed by atoms with Crippen LogP contribution in [0.1, 0.15) is 41.8 Å². The van der Waals surface area contributed by atoms with E-state index in [-0.39, 0.29) is 36.1 Å². The smallest absolute Gasteiger partial charge is 0.257 e. The molecule has 188 valence electrons. The van der Waals surface area contributed by atoms with Crippen LogP contribution >= 0.6 is 0 Å². The Morgan fingerprint density at radius 1 is 1.06 bits per heavy atom. The molecule has 2 aliphatic heterocycles. The summed E-state index contributed by atoms with van der Waals surface area (Å²) in [5.41, 5.74) is 1.72. The first-order valence-electron chi connectivity index (χ1n) is 12.4. The standard InChI is InChI=1S/C26H35N5O4/c1-18-23(24(28-35-18)19-8-5-4-6-9-19)25(33)27-21-11-7-10-20(16-22(32)30(3)17-21)26(34)31-14-12-29(2)13-15-31/h4-6,8-9,20-21H,7,10-17H2,1-3H3,(H,27,33)/t20-,21-/m1/s1. The molecule has 3 heterocycles. The zero-order valence-electron chi connectivity index (χ0n) is 20.8. The maximum atomic E-state index is 13.3. The molecule has 4 rings (SSSR count). The highest BCUT2D eigenvalue weighted by atomic mass is 16.5. The van der Waals surface area contributed by atoms with Crippen molar-refractivity contribution in [2.75, 3.05) is 46.8 Å². The van der Waals surface area contributed by atoms with Crippen molar-refractivity contribution in [1.29, 1.82) is 0 Å². The Hall–Kier alpha value is -3.20. The summed E-state index contributed by atoms with van der Waals surface area (Å²) in [5, 5.41) is 7.21. The fraction of sp³-hybridized carbons (Fsp3) is 0.538. The summed E-state index contributed by atoms with van der Waals surface area (Å²) >= 11 is 0. The van der Waals surface area contributed by atoms with E-state index in [4.69, 9.17) is 4.52 Å². The Morgan fingerprint density at radius 3 is 2.49 bits per heavy atom. The summed E-state index contributed by atoms with van der Waals surface area (Å²) in [7, 11) is 3.79. The first-order valence-corrected chi connectivity index (χ1v) is 12.4. The van der Waals surface area contributed by atoms with Crippen molar-refractivity contribution in [2.45, 2.75) is 38.6 Å². The van der Waals surface area contributed by atoms with E-state index < -0.39 is 0 Å². The highest BCUT2D eigenvalue weighted by Gasteiger charge is 2.32. The van der Waals surface area contributed by atoms with E-state index in [1.54, 1.807) is 18.9 Å². The van der Waals surface area contributed by atoms with Crippen LogP contribution in [0, 0.1) is 12.8 Å². The lowest BCUT2D eigenvalue weighted by Gasteiger charge is -2.34. The van der Waals surface area contributed by atoms with E-state index >= 15 is 0 Å². The van der Waals surface area contributed by atoms with E-state index in [9.17, 15) is 14.4 Å². The van der Waals surface area contributed by atoms with Gasteiger partial charge in [0, 0.05) is 63.7 Å². The van der Waals surface area contributed by atoms with Crippen LogP contribution in [-0.2, 0) is 9.59 Å². The van der Waals surface area contributed by atoms with Gasteiger partial charge in [-0.25, -0.2) is 0 Å². The molecular formula is C26H35N5O4. The van der Waals surface area contributed by atoms with Crippen LogP contribution in [-0.4, -0.2) is 90.4 Å². The number of hydrogen-bond donors (Lipinski definition) is 1. The molecule has 1 aromatic heterocycles. The number of amides is 3. The number of rotatable bonds is 4. The van der Waals surface area contributed by atoms with Gasteiger partial charge in [0.25, 0.3) is 5.91 Å². The zero-order chi connectivity index (χ0) is 24.9. The van der Waals surface area contributed by atoms with E-state index in [2.05, 4.69) is 22.4 Å². The van der Waals surface area contributed by atoms with Gasteiger partial charge >= 0.3 is 0 Å². The fourth-order valence-corrected chi connectivity index (χ4v) is 4.91. The molecule has 2 saturated heterocycles. The molecule has 0 spiro atoms. The molecule has 2 atom stereocenters. The maximum Gasteiger partial charge on any atom is 0.257 e. The molecule has 35 heavy (non-hydrogen) atoms. The van der Waals surface area contributed by atoms with Crippen LogP contribution in [0.2, 0.25) is 0 Å². The fourth-order valence-electron chi connectivity index (χ4n) is 4.91. The van der Waals surface area contributed by atoms with Crippen LogP contribution in [0.3, 0.4) is 0 Å². The number of nitrogens with zero attached hydrogens (tertiary/aromatic N) is 4. The summed E-state index contributed by atoms with van der Waals surface area (Å²) in [6, 6.07) is 9.23. The highest BCUT2D eigenvalue weighted by Crippen LogP contribution is 2.26. The minimum atomic E-state index is -0.312. The molecule has 0 bridgehead atoms. The first kappa shape index (κ1) is 24.9. The summed E-state index contributed by atoms with van der Waals surface area (Å²) in [5.74, 6) is -0.114. The number of likely N-dealkylation sites (N-methyl/N-ethyl adjacent to an activating group) is 2. The normalized spacial score (nSPS) is 22.3. The van der Waals surface area contributed by atoms with Crippen molar-refractivity contribution in [3.63, 3.8) is 0 Å². The number of carbonyl (C=O) groups excluding carboxylic acids is 3. The summed E-state index contributed by atoms with van der Waals surface area (Å²) < 4.78 is 5.35. The molecule has 1 aromatic carbocycles. The Balaban J connectivity index is 1.44. The number of carbonyl (C=O) groups is 3. The topological polar surface area (TPSA) is 99.0 Å². The van der Waals surface area contributed by atoms with Crippen molar-refractivity contribution in [3.8, 4) is 11.3 Å². The maximum absolute atomic E-state index is 13.3. The van der Waals surface area contributed by atoms with Gasteiger partial charge in [-0.05, 0) is 26.8 Å². The molecule has 9 nitrogen and oxygen atoms in total. The summed E-state index contributed by atoms with van der Waals surface area (Å²) in [4.78, 5) is 45.1. The van der Waals surface area contributed by atoms with Gasteiger partial charge in [-0.1, -0.05) is 41.9 Å². The third-order valence-electron chi connectivity index (χ3n) is 7.08. The second-order valence-corrected chi connectivity index (χ2v) is 9.73. The number of benzene rings is 1. The molecule has 2 aromatic rings. The lowest BCUT2D eigenvalue weighted by Crippen LogP contribution is -2.49. The van der Waals surface area contributed by atoms with Gasteiger partial charge in [-0.2, -0.15) is 0 Å². The third kappa shape index (κ3) is 5.90. The van der Waals surface area contributed by atoms with Gasteiger partial charge in [0.15, 0.2) is 0 Å². The lowest BCUT2D eigenvalue weighted by molar-refractivity contribution is -0.142. The Morgan fingerprint density at radius 2 is 1.77 bits per heavy atom. The van der Waals surface area contributed by atoms with Crippen molar-refractivity contribution >= 4 is 17.7 Å². The number of hydrogen-bond acceptors (Lipinski definition) is 6. The molecule has 0 saturated carbocycles. The van der Waals surface area contributed by atoms with Gasteiger partial charge in [0.1, 0.15) is 17.0 Å². The molecular weight excluding hydrogens is 446 g/mol. The van der Waals surface area contributed by atoms with Crippen LogP contribution in [0.4, 0.5) is 0 Å². The van der Waals surface area contributed by atoms with E-state index in [0.717, 1.165) is 25.1 Å². The van der Waals surface area contributed by atoms with Crippen molar-refractivity contribution < 1.29 is 18.9 Å². The summed E-state index contributed by atoms with van der Waals surface area (Å²) in [6.45, 7) is 5.24. The quantitative estimate of drug-likeness (QED) is 0.719. The predicted molar refractivity (Wildman–Crippen MR) is 132 cm³/mol. The third-order valence-corrected chi connectivity index (χ3v) is 7.08. The molecule has 0 unspecified atom stereocenters. The molecule has 3 amide bonds. The van der Waals surface area contributed by atoms with Gasteiger partial charge in [0.05, 0.1) is 0 Å². The average molecular weight is 482 g/mol. The van der Waals surface area contributed by atoms with E-state index in [0.29, 0.717) is 49.5 Å². The summed E-state index contributed by atoms with van der Waals surface area (Å²) in [6.07, 6.45) is 2.29. The zero-order valence-corrected chi connectivity index (χ0v) is 20.8. The van der Waals surface area contributed by atoms with Gasteiger partial charge in [-0.15, -0.1) is 0 Å². The van der Waals surface area contributed by atoms with Crippen LogP contribution in [0.15, 0.2) is 34.9 Å². The number of aryl methyl sites for hydroxylation is 1. The number of nitrogens with one attached hydrogen (secondary N) is 1. The Labute approximate surface area is 206 Å². The van der Waals surface area contributed by atoms with E-state index in [1.165, 1.54) is 0 Å². The van der Waals surface area contributed by atoms with Crippen LogP contribution in [0.5, 0.6) is 0 Å². The van der Waals surface area contributed by atoms with Gasteiger partial charge in [-0.3, -0.25) is 14.4 Å². The predicted octanol–water partition coefficient (Wildman–Crippen LogP) is 2.17. The van der Waals surface area contributed by atoms with Gasteiger partial charge in [0.2, 0.25) is 11.8 Å². The largest absolute Gasteiger partial charge is 0.360 e. The van der Waals surface area contributed by atoms with E-state index in [1.807, 2.05) is 35.2 Å². The Bertz CT molecular complexity index is 1050. The van der Waals surface area contributed by atoms with Crippen LogP contribution < -0.4 is 5.32 Å². The average Bonchev–Trinajstić information content (AvgIpc) is 3.26. The van der Waals surface area contributed by atoms with Gasteiger partial charge < -0.3 is 24.5 Å². The molecule has 0 radical (unpaired) electrons. The lowest BCUT2D eigenvalue weighted by atomic mass is 9.95. The van der Waals surface area contributed by atoms with Crippen molar-refractivity contribution in [3.05, 3.63) is 41.7 Å². The van der Waals surface area contributed by atoms with Crippen LogP contribution in [0.25, 0.3) is 11.3 Å². The molecule has 2 fully saturated rings. The molecule has 0 aliphatic carbocycles. The number of aromatic nitrogens is 1. The minimum Gasteiger partial charge on any atom is -0.360 e. The highest BCUT2D eigenvalue weighted by molar-refractivity contribution is 6.01. The Kier molecular flexibility index (Phi) is 7.85. The monoisotopic (exact) mass is 481 g/mol. The minimum absolute atomic E-state index is 0.0650. The first-order chi connectivity index (χ1) is 16.8. The second-order valence-electron chi connectivity index (χ2n) is 9.73. The molecule has 2 aliphatic rings.